The van der Waals surface area contributed by atoms with Crippen LogP contribution in [0.25, 0.3) is 0 Å². The van der Waals surface area contributed by atoms with Crippen molar-refractivity contribution in [3.8, 4) is 17.2 Å². The SMILES string of the molecule is CCCCOc1ccc2c(c1)C(=O)[C@H](C(=O)OC)[C@@H](c1cccc(OC)c1)O2. The van der Waals surface area contributed by atoms with Crippen LogP contribution >= 0.6 is 0 Å². The van der Waals surface area contributed by atoms with Crippen LogP contribution in [0.15, 0.2) is 42.5 Å². The standard InChI is InChI=1S/C22H24O6/c1-4-5-11-27-16-9-10-18-17(13-16)20(23)19(22(24)26-3)21(28-18)14-7-6-8-15(12-14)25-2/h6-10,12-13,19,21H,4-5,11H2,1-3H3/t19-,21+/m0/s1. The second kappa shape index (κ2) is 8.78. The fourth-order valence-corrected chi connectivity index (χ4v) is 3.17. The van der Waals surface area contributed by atoms with Gasteiger partial charge < -0.3 is 18.9 Å². The zero-order chi connectivity index (χ0) is 20.1. The highest BCUT2D eigenvalue weighted by Crippen LogP contribution is 2.41. The minimum atomic E-state index is -1.10. The third-order valence-electron chi connectivity index (χ3n) is 4.70. The molecule has 0 spiro atoms. The Morgan fingerprint density at radius 3 is 2.64 bits per heavy atom. The molecule has 6 heteroatoms. The average molecular weight is 384 g/mol. The number of ether oxygens (including phenoxy) is 4. The summed E-state index contributed by atoms with van der Waals surface area (Å²) in [5.41, 5.74) is 0.987. The lowest BCUT2D eigenvalue weighted by molar-refractivity contribution is -0.146. The summed E-state index contributed by atoms with van der Waals surface area (Å²) in [4.78, 5) is 25.6. The Kier molecular flexibility index (Phi) is 6.19. The van der Waals surface area contributed by atoms with Crippen LogP contribution in [0.4, 0.5) is 0 Å². The van der Waals surface area contributed by atoms with E-state index in [9.17, 15) is 9.59 Å². The number of hydrogen-bond acceptors (Lipinski definition) is 6. The molecule has 0 N–H and O–H groups in total. The minimum absolute atomic E-state index is 0.323. The first-order valence-corrected chi connectivity index (χ1v) is 9.28. The second-order valence-corrected chi connectivity index (χ2v) is 6.54. The molecule has 0 saturated carbocycles. The van der Waals surface area contributed by atoms with Gasteiger partial charge in [-0.05, 0) is 42.3 Å². The smallest absolute Gasteiger partial charge is 0.320 e. The number of carbonyl (C=O) groups is 2. The van der Waals surface area contributed by atoms with Crippen LogP contribution in [0.3, 0.4) is 0 Å². The molecule has 2 aromatic rings. The van der Waals surface area contributed by atoms with Crippen LogP contribution in [0.2, 0.25) is 0 Å². The van der Waals surface area contributed by atoms with Crippen molar-refractivity contribution in [1.82, 2.24) is 0 Å². The first-order valence-electron chi connectivity index (χ1n) is 9.28. The van der Waals surface area contributed by atoms with Crippen molar-refractivity contribution in [3.63, 3.8) is 0 Å². The molecule has 0 bridgehead atoms. The number of unbranched alkanes of at least 4 members (excludes halogenated alkanes) is 1. The lowest BCUT2D eigenvalue weighted by atomic mass is 9.85. The van der Waals surface area contributed by atoms with Crippen molar-refractivity contribution < 1.29 is 28.5 Å². The molecule has 0 aromatic heterocycles. The molecule has 3 rings (SSSR count). The number of hydrogen-bond donors (Lipinski definition) is 0. The molecule has 1 aliphatic heterocycles. The van der Waals surface area contributed by atoms with Crippen molar-refractivity contribution in [3.05, 3.63) is 53.6 Å². The zero-order valence-electron chi connectivity index (χ0n) is 16.3. The zero-order valence-corrected chi connectivity index (χ0v) is 16.3. The van der Waals surface area contributed by atoms with Gasteiger partial charge in [0.2, 0.25) is 0 Å². The predicted octanol–water partition coefficient (Wildman–Crippen LogP) is 3.98. The van der Waals surface area contributed by atoms with Gasteiger partial charge in [-0.1, -0.05) is 25.5 Å². The van der Waals surface area contributed by atoms with Gasteiger partial charge in [0.1, 0.15) is 23.4 Å². The monoisotopic (exact) mass is 384 g/mol. The molecule has 0 fully saturated rings. The summed E-state index contributed by atoms with van der Waals surface area (Å²) in [5, 5.41) is 0. The number of carbonyl (C=O) groups excluding carboxylic acids is 2. The number of fused-ring (bicyclic) bond motifs is 1. The number of ketones is 1. The second-order valence-electron chi connectivity index (χ2n) is 6.54. The number of benzene rings is 2. The van der Waals surface area contributed by atoms with Crippen LogP contribution in [0.5, 0.6) is 17.2 Å². The van der Waals surface area contributed by atoms with Gasteiger partial charge in [0.15, 0.2) is 11.7 Å². The van der Waals surface area contributed by atoms with Gasteiger partial charge >= 0.3 is 5.97 Å². The number of esters is 1. The molecule has 1 aliphatic rings. The molecule has 0 unspecified atom stereocenters. The maximum Gasteiger partial charge on any atom is 0.320 e. The van der Waals surface area contributed by atoms with Crippen LogP contribution in [0, 0.1) is 5.92 Å². The van der Waals surface area contributed by atoms with Crippen LogP contribution in [-0.2, 0) is 9.53 Å². The molecule has 0 radical (unpaired) electrons. The molecular formula is C22H24O6. The van der Waals surface area contributed by atoms with Crippen molar-refractivity contribution in [2.24, 2.45) is 5.92 Å². The Morgan fingerprint density at radius 2 is 1.93 bits per heavy atom. The van der Waals surface area contributed by atoms with Crippen molar-refractivity contribution in [2.45, 2.75) is 25.9 Å². The molecule has 1 heterocycles. The highest BCUT2D eigenvalue weighted by atomic mass is 16.5. The quantitative estimate of drug-likeness (QED) is 0.409. The van der Waals surface area contributed by atoms with E-state index in [0.29, 0.717) is 35.0 Å². The molecule has 2 atom stereocenters. The fourth-order valence-electron chi connectivity index (χ4n) is 3.17. The molecular weight excluding hydrogens is 360 g/mol. The van der Waals surface area contributed by atoms with Gasteiger partial charge in [0, 0.05) is 0 Å². The Balaban J connectivity index is 1.97. The molecule has 148 valence electrons. The summed E-state index contributed by atoms with van der Waals surface area (Å²) in [6.07, 6.45) is 1.14. The van der Waals surface area contributed by atoms with E-state index in [-0.39, 0.29) is 5.78 Å². The lowest BCUT2D eigenvalue weighted by Crippen LogP contribution is -2.37. The topological polar surface area (TPSA) is 71.1 Å². The van der Waals surface area contributed by atoms with E-state index in [2.05, 4.69) is 6.92 Å². The number of Topliss-reactive ketones (excluding diaryl/α,β-unsaturated/α-hetero) is 1. The maximum atomic E-state index is 13.2. The van der Waals surface area contributed by atoms with E-state index in [0.717, 1.165) is 12.8 Å². The van der Waals surface area contributed by atoms with Crippen molar-refractivity contribution in [2.75, 3.05) is 20.8 Å². The normalized spacial score (nSPS) is 18.0. The summed E-state index contributed by atoms with van der Waals surface area (Å²) in [6.45, 7) is 2.64. The van der Waals surface area contributed by atoms with Crippen molar-refractivity contribution in [1.29, 1.82) is 0 Å². The van der Waals surface area contributed by atoms with Crippen LogP contribution in [-0.4, -0.2) is 32.6 Å². The maximum absolute atomic E-state index is 13.2. The summed E-state index contributed by atoms with van der Waals surface area (Å²) < 4.78 is 21.9. The summed E-state index contributed by atoms with van der Waals surface area (Å²) in [6, 6.07) is 12.2. The molecule has 2 aromatic carbocycles. The Bertz CT molecular complexity index is 860. The molecule has 6 nitrogen and oxygen atoms in total. The summed E-state index contributed by atoms with van der Waals surface area (Å²) >= 11 is 0. The Morgan fingerprint density at radius 1 is 1.11 bits per heavy atom. The van der Waals surface area contributed by atoms with E-state index in [4.69, 9.17) is 18.9 Å². The molecule has 0 amide bonds. The van der Waals surface area contributed by atoms with Gasteiger partial charge in [0.25, 0.3) is 0 Å². The van der Waals surface area contributed by atoms with Crippen LogP contribution in [0.1, 0.15) is 41.8 Å². The third kappa shape index (κ3) is 3.96. The predicted molar refractivity (Wildman–Crippen MR) is 103 cm³/mol. The summed E-state index contributed by atoms with van der Waals surface area (Å²) in [7, 11) is 2.82. The fraction of sp³-hybridized carbons (Fsp3) is 0.364. The van der Waals surface area contributed by atoms with Gasteiger partial charge in [-0.2, -0.15) is 0 Å². The van der Waals surface area contributed by atoms with E-state index < -0.39 is 18.0 Å². The third-order valence-corrected chi connectivity index (χ3v) is 4.70. The van der Waals surface area contributed by atoms with E-state index >= 15 is 0 Å². The summed E-state index contributed by atoms with van der Waals surface area (Å²) in [5.74, 6) is -0.478. The first-order chi connectivity index (χ1) is 13.6. The number of rotatable bonds is 7. The first kappa shape index (κ1) is 19.7. The Hall–Kier alpha value is -3.02. The molecule has 28 heavy (non-hydrogen) atoms. The van der Waals surface area contributed by atoms with E-state index in [1.165, 1.54) is 7.11 Å². The number of methoxy groups -OCH3 is 2. The largest absolute Gasteiger partial charge is 0.497 e. The van der Waals surface area contributed by atoms with Crippen molar-refractivity contribution >= 4 is 11.8 Å². The highest BCUT2D eigenvalue weighted by molar-refractivity contribution is 6.11. The molecule has 0 aliphatic carbocycles. The van der Waals surface area contributed by atoms with Gasteiger partial charge in [0.05, 0.1) is 26.4 Å². The molecule has 0 saturated heterocycles. The van der Waals surface area contributed by atoms with Crippen LogP contribution < -0.4 is 14.2 Å². The lowest BCUT2D eigenvalue weighted by Gasteiger charge is -2.31. The van der Waals surface area contributed by atoms with E-state index in [1.807, 2.05) is 0 Å². The van der Waals surface area contributed by atoms with Gasteiger partial charge in [-0.15, -0.1) is 0 Å². The van der Waals surface area contributed by atoms with Gasteiger partial charge in [-0.25, -0.2) is 0 Å². The minimum Gasteiger partial charge on any atom is -0.497 e. The van der Waals surface area contributed by atoms with Gasteiger partial charge in [-0.3, -0.25) is 9.59 Å². The Labute approximate surface area is 164 Å². The van der Waals surface area contributed by atoms with E-state index in [1.54, 1.807) is 49.6 Å². The average Bonchev–Trinajstić information content (AvgIpc) is 2.73. The highest BCUT2D eigenvalue weighted by Gasteiger charge is 2.44.